The van der Waals surface area contributed by atoms with Crippen molar-refractivity contribution in [2.24, 2.45) is 17.1 Å². The van der Waals surface area contributed by atoms with Crippen molar-refractivity contribution in [2.45, 2.75) is 53.6 Å². The lowest BCUT2D eigenvalue weighted by Gasteiger charge is -2.31. The number of carbonyl (C=O) groups is 1. The highest BCUT2D eigenvalue weighted by Gasteiger charge is 2.36. The highest BCUT2D eigenvalue weighted by molar-refractivity contribution is 5.77. The maximum atomic E-state index is 11.9. The molecular formula is C12H25NO2. The van der Waals surface area contributed by atoms with E-state index in [1.165, 1.54) is 0 Å². The first-order chi connectivity index (χ1) is 6.60. The molecule has 0 rings (SSSR count). The summed E-state index contributed by atoms with van der Waals surface area (Å²) in [7, 11) is 0. The van der Waals surface area contributed by atoms with Gasteiger partial charge in [0.1, 0.15) is 5.60 Å². The second-order valence-electron chi connectivity index (χ2n) is 5.86. The molecule has 0 heterocycles. The molecule has 0 aliphatic rings. The van der Waals surface area contributed by atoms with Gasteiger partial charge in [-0.15, -0.1) is 0 Å². The zero-order valence-electron chi connectivity index (χ0n) is 10.9. The van der Waals surface area contributed by atoms with Crippen molar-refractivity contribution < 1.29 is 9.53 Å². The zero-order valence-corrected chi connectivity index (χ0v) is 10.9. The Labute approximate surface area is 93.4 Å². The third-order valence-electron chi connectivity index (χ3n) is 2.20. The molecular weight excluding hydrogens is 190 g/mol. The average molecular weight is 215 g/mol. The number of carbonyl (C=O) groups excluding carboxylic acids is 1. The molecule has 2 N–H and O–H groups in total. The summed E-state index contributed by atoms with van der Waals surface area (Å²) in [6.45, 7) is 12.0. The van der Waals surface area contributed by atoms with E-state index in [4.69, 9.17) is 10.5 Å². The fourth-order valence-corrected chi connectivity index (χ4v) is 1.55. The van der Waals surface area contributed by atoms with E-state index >= 15 is 0 Å². The average Bonchev–Trinajstić information content (AvgIpc) is 1.99. The maximum absolute atomic E-state index is 11.9. The standard InChI is InChI=1S/C12H25NO2/c1-9(2)7-12(6,8-13)10(14)15-11(3,4)5/h9H,7-8,13H2,1-6H3. The molecule has 3 nitrogen and oxygen atoms in total. The molecule has 0 amide bonds. The van der Waals surface area contributed by atoms with Crippen LogP contribution < -0.4 is 5.73 Å². The van der Waals surface area contributed by atoms with Gasteiger partial charge in [-0.3, -0.25) is 4.79 Å². The van der Waals surface area contributed by atoms with Crippen LogP contribution in [0.4, 0.5) is 0 Å². The first kappa shape index (κ1) is 14.4. The van der Waals surface area contributed by atoms with E-state index in [1.807, 2.05) is 27.7 Å². The second-order valence-corrected chi connectivity index (χ2v) is 5.86. The summed E-state index contributed by atoms with van der Waals surface area (Å²) in [6.07, 6.45) is 0.762. The van der Waals surface area contributed by atoms with Gasteiger partial charge in [0.25, 0.3) is 0 Å². The number of nitrogens with two attached hydrogens (primary N) is 1. The maximum Gasteiger partial charge on any atom is 0.313 e. The number of hydrogen-bond donors (Lipinski definition) is 1. The van der Waals surface area contributed by atoms with E-state index in [0.29, 0.717) is 12.5 Å². The minimum atomic E-state index is -0.554. The van der Waals surface area contributed by atoms with E-state index in [-0.39, 0.29) is 5.97 Å². The Bertz CT molecular complexity index is 218. The fraction of sp³-hybridized carbons (Fsp3) is 0.917. The van der Waals surface area contributed by atoms with Gasteiger partial charge in [0.05, 0.1) is 5.41 Å². The predicted octanol–water partition coefficient (Wildman–Crippen LogP) is 2.34. The fourth-order valence-electron chi connectivity index (χ4n) is 1.55. The van der Waals surface area contributed by atoms with E-state index in [9.17, 15) is 4.79 Å². The number of ether oxygens (including phenoxy) is 1. The molecule has 0 fully saturated rings. The van der Waals surface area contributed by atoms with Gasteiger partial charge in [-0.05, 0) is 40.0 Å². The molecule has 1 atom stereocenters. The Morgan fingerprint density at radius 3 is 2.00 bits per heavy atom. The first-order valence-electron chi connectivity index (χ1n) is 5.54. The number of esters is 1. The summed E-state index contributed by atoms with van der Waals surface area (Å²) in [4.78, 5) is 11.9. The van der Waals surface area contributed by atoms with Crippen molar-refractivity contribution in [3.8, 4) is 0 Å². The minimum absolute atomic E-state index is 0.189. The molecule has 0 aromatic heterocycles. The van der Waals surface area contributed by atoms with Crippen LogP contribution in [0.15, 0.2) is 0 Å². The Kier molecular flexibility index (Phi) is 4.78. The Hall–Kier alpha value is -0.570. The van der Waals surface area contributed by atoms with Crippen molar-refractivity contribution in [3.05, 3.63) is 0 Å². The Morgan fingerprint density at radius 2 is 1.73 bits per heavy atom. The molecule has 0 aromatic carbocycles. The van der Waals surface area contributed by atoms with Gasteiger partial charge in [-0.25, -0.2) is 0 Å². The summed E-state index contributed by atoms with van der Waals surface area (Å²) in [5.41, 5.74) is 4.68. The number of hydrogen-bond acceptors (Lipinski definition) is 3. The third-order valence-corrected chi connectivity index (χ3v) is 2.20. The van der Waals surface area contributed by atoms with Crippen LogP contribution in [0.5, 0.6) is 0 Å². The lowest BCUT2D eigenvalue weighted by molar-refractivity contribution is -0.167. The Balaban J connectivity index is 4.59. The normalized spacial score (nSPS) is 16.3. The molecule has 0 saturated carbocycles. The van der Waals surface area contributed by atoms with Crippen molar-refractivity contribution in [1.82, 2.24) is 0 Å². The summed E-state index contributed by atoms with van der Waals surface area (Å²) >= 11 is 0. The van der Waals surface area contributed by atoms with Crippen LogP contribution in [0, 0.1) is 11.3 Å². The van der Waals surface area contributed by atoms with Gasteiger partial charge >= 0.3 is 5.97 Å². The quantitative estimate of drug-likeness (QED) is 0.732. The van der Waals surface area contributed by atoms with Gasteiger partial charge in [-0.2, -0.15) is 0 Å². The van der Waals surface area contributed by atoms with Crippen LogP contribution >= 0.6 is 0 Å². The predicted molar refractivity (Wildman–Crippen MR) is 62.5 cm³/mol. The van der Waals surface area contributed by atoms with Gasteiger partial charge in [0, 0.05) is 6.54 Å². The SMILES string of the molecule is CC(C)CC(C)(CN)C(=O)OC(C)(C)C. The van der Waals surface area contributed by atoms with Crippen molar-refractivity contribution >= 4 is 5.97 Å². The van der Waals surface area contributed by atoms with Crippen LogP contribution in [-0.4, -0.2) is 18.1 Å². The summed E-state index contributed by atoms with van der Waals surface area (Å²) in [6, 6.07) is 0. The van der Waals surface area contributed by atoms with Gasteiger partial charge < -0.3 is 10.5 Å². The molecule has 0 radical (unpaired) electrons. The van der Waals surface area contributed by atoms with Crippen LogP contribution in [0.3, 0.4) is 0 Å². The van der Waals surface area contributed by atoms with E-state index < -0.39 is 11.0 Å². The van der Waals surface area contributed by atoms with Crippen LogP contribution in [-0.2, 0) is 9.53 Å². The van der Waals surface area contributed by atoms with Crippen molar-refractivity contribution in [3.63, 3.8) is 0 Å². The monoisotopic (exact) mass is 215 g/mol. The lowest BCUT2D eigenvalue weighted by Crippen LogP contribution is -2.41. The van der Waals surface area contributed by atoms with Gasteiger partial charge in [-0.1, -0.05) is 13.8 Å². The molecule has 3 heteroatoms. The van der Waals surface area contributed by atoms with E-state index in [0.717, 1.165) is 6.42 Å². The molecule has 0 aliphatic carbocycles. The summed E-state index contributed by atoms with van der Waals surface area (Å²) in [5.74, 6) is 0.247. The largest absolute Gasteiger partial charge is 0.460 e. The Morgan fingerprint density at radius 1 is 1.27 bits per heavy atom. The van der Waals surface area contributed by atoms with E-state index in [1.54, 1.807) is 0 Å². The van der Waals surface area contributed by atoms with Crippen molar-refractivity contribution in [1.29, 1.82) is 0 Å². The van der Waals surface area contributed by atoms with Crippen LogP contribution in [0.25, 0.3) is 0 Å². The molecule has 15 heavy (non-hydrogen) atoms. The highest BCUT2D eigenvalue weighted by atomic mass is 16.6. The second kappa shape index (κ2) is 4.97. The third kappa shape index (κ3) is 5.17. The van der Waals surface area contributed by atoms with Gasteiger partial charge in [0.2, 0.25) is 0 Å². The lowest BCUT2D eigenvalue weighted by atomic mass is 9.82. The van der Waals surface area contributed by atoms with Crippen molar-refractivity contribution in [2.75, 3.05) is 6.54 Å². The molecule has 0 spiro atoms. The van der Waals surface area contributed by atoms with Crippen LogP contribution in [0.1, 0.15) is 48.0 Å². The first-order valence-corrected chi connectivity index (χ1v) is 5.54. The van der Waals surface area contributed by atoms with E-state index in [2.05, 4.69) is 13.8 Å². The molecule has 1 unspecified atom stereocenters. The smallest absolute Gasteiger partial charge is 0.313 e. The molecule has 0 saturated heterocycles. The molecule has 0 bridgehead atoms. The molecule has 0 aliphatic heterocycles. The van der Waals surface area contributed by atoms with Crippen LogP contribution in [0.2, 0.25) is 0 Å². The molecule has 90 valence electrons. The topological polar surface area (TPSA) is 52.3 Å². The zero-order chi connectivity index (χ0) is 12.3. The number of rotatable bonds is 4. The highest BCUT2D eigenvalue weighted by Crippen LogP contribution is 2.28. The minimum Gasteiger partial charge on any atom is -0.460 e. The summed E-state index contributed by atoms with van der Waals surface area (Å²) in [5, 5.41) is 0. The summed E-state index contributed by atoms with van der Waals surface area (Å²) < 4.78 is 5.38. The molecule has 0 aromatic rings. The van der Waals surface area contributed by atoms with Gasteiger partial charge in [0.15, 0.2) is 0 Å².